The van der Waals surface area contributed by atoms with E-state index in [1.165, 1.54) is 103 Å². The van der Waals surface area contributed by atoms with Gasteiger partial charge in [-0.2, -0.15) is 0 Å². The molecule has 0 aromatic carbocycles. The molecule has 0 spiro atoms. The van der Waals surface area contributed by atoms with E-state index in [2.05, 4.69) is 20.8 Å². The van der Waals surface area contributed by atoms with Crippen LogP contribution >= 0.6 is 11.8 Å². The van der Waals surface area contributed by atoms with Crippen molar-refractivity contribution in [2.24, 2.45) is 0 Å². The minimum Gasteiger partial charge on any atom is -0.549 e. The van der Waals surface area contributed by atoms with Crippen LogP contribution in [0.2, 0.25) is 0 Å². The van der Waals surface area contributed by atoms with Crippen molar-refractivity contribution in [3.63, 3.8) is 0 Å². The standard InChI is InChI=1S/C36H70O4S/c1-5-8-11-14-17-20-23-26-29-32-36(34(39)40,31-28-25-22-19-16-13-10-7-3)41-35(4,33(37)38)30-27-24-21-18-15-12-9-6-2/h5-32H2,1-4H3,(H,37,38)(H,39,40)/p-2. The van der Waals surface area contributed by atoms with E-state index >= 15 is 0 Å². The topological polar surface area (TPSA) is 80.3 Å². The molecule has 0 radical (unpaired) electrons. The summed E-state index contributed by atoms with van der Waals surface area (Å²) in [5.41, 5.74) is 0. The second kappa shape index (κ2) is 26.9. The van der Waals surface area contributed by atoms with Crippen LogP contribution in [0.15, 0.2) is 0 Å². The molecule has 244 valence electrons. The van der Waals surface area contributed by atoms with Gasteiger partial charge in [-0.1, -0.05) is 181 Å². The Morgan fingerprint density at radius 1 is 0.439 bits per heavy atom. The first-order chi connectivity index (χ1) is 19.8. The molecule has 0 saturated carbocycles. The van der Waals surface area contributed by atoms with E-state index in [1.54, 1.807) is 6.92 Å². The summed E-state index contributed by atoms with van der Waals surface area (Å²) in [7, 11) is 0. The second-order valence-corrected chi connectivity index (χ2v) is 14.8. The normalized spacial score (nSPS) is 14.5. The zero-order valence-corrected chi connectivity index (χ0v) is 28.7. The highest BCUT2D eigenvalue weighted by Crippen LogP contribution is 2.46. The number of carboxylic acids is 2. The van der Waals surface area contributed by atoms with Gasteiger partial charge in [0.2, 0.25) is 0 Å². The average molecular weight is 597 g/mol. The first kappa shape index (κ1) is 40.3. The largest absolute Gasteiger partial charge is 0.549 e. The number of carbonyl (C=O) groups is 2. The SMILES string of the molecule is CCCCCCCCCCCC(CCCCCCCCCC)(SC(C)(CCCCCCCCCC)C(=O)[O-])C(=O)[O-]. The van der Waals surface area contributed by atoms with E-state index in [4.69, 9.17) is 0 Å². The number of carboxylic acid groups (broad SMARTS) is 2. The summed E-state index contributed by atoms with van der Waals surface area (Å²) >= 11 is 1.16. The van der Waals surface area contributed by atoms with Crippen LogP contribution in [0.1, 0.15) is 207 Å². The van der Waals surface area contributed by atoms with Gasteiger partial charge >= 0.3 is 0 Å². The molecule has 0 fully saturated rings. The van der Waals surface area contributed by atoms with Gasteiger partial charge in [0, 0.05) is 0 Å². The molecule has 5 heteroatoms. The van der Waals surface area contributed by atoms with Gasteiger partial charge in [-0.25, -0.2) is 0 Å². The van der Waals surface area contributed by atoms with Crippen molar-refractivity contribution in [1.82, 2.24) is 0 Å². The van der Waals surface area contributed by atoms with E-state index in [9.17, 15) is 19.8 Å². The van der Waals surface area contributed by atoms with Gasteiger partial charge in [0.05, 0.1) is 21.4 Å². The molecule has 0 rings (SSSR count). The molecular weight excluding hydrogens is 528 g/mol. The fourth-order valence-electron chi connectivity index (χ4n) is 5.96. The van der Waals surface area contributed by atoms with Crippen LogP contribution in [0.4, 0.5) is 0 Å². The maximum absolute atomic E-state index is 12.8. The van der Waals surface area contributed by atoms with Gasteiger partial charge in [0.25, 0.3) is 0 Å². The second-order valence-electron chi connectivity index (χ2n) is 12.9. The molecule has 41 heavy (non-hydrogen) atoms. The van der Waals surface area contributed by atoms with Crippen LogP contribution in [0.5, 0.6) is 0 Å². The average Bonchev–Trinajstić information content (AvgIpc) is 2.94. The smallest absolute Gasteiger partial charge is 0.0575 e. The van der Waals surface area contributed by atoms with E-state index < -0.39 is 21.4 Å². The summed E-state index contributed by atoms with van der Waals surface area (Å²) < 4.78 is -2.36. The van der Waals surface area contributed by atoms with Crippen LogP contribution in [-0.4, -0.2) is 21.4 Å². The highest BCUT2D eigenvalue weighted by molar-refractivity contribution is 8.03. The van der Waals surface area contributed by atoms with Gasteiger partial charge in [0.1, 0.15) is 0 Å². The molecule has 0 aliphatic carbocycles. The molecule has 0 aliphatic heterocycles. The Balaban J connectivity index is 5.10. The molecule has 0 aromatic rings. The third-order valence-corrected chi connectivity index (χ3v) is 10.6. The predicted molar refractivity (Wildman–Crippen MR) is 175 cm³/mol. The Morgan fingerprint density at radius 3 is 0.976 bits per heavy atom. The van der Waals surface area contributed by atoms with Crippen molar-refractivity contribution < 1.29 is 19.8 Å². The minimum absolute atomic E-state index is 0.458. The van der Waals surface area contributed by atoms with Crippen LogP contribution in [0.25, 0.3) is 0 Å². The van der Waals surface area contributed by atoms with Crippen LogP contribution in [0, 0.1) is 0 Å². The lowest BCUT2D eigenvalue weighted by atomic mass is 9.93. The van der Waals surface area contributed by atoms with Crippen molar-refractivity contribution in [3.05, 3.63) is 0 Å². The number of aliphatic carboxylic acids is 2. The Labute approximate surface area is 260 Å². The monoisotopic (exact) mass is 596 g/mol. The van der Waals surface area contributed by atoms with Gasteiger partial charge in [-0.05, 0) is 26.2 Å². The number of hydrogen-bond acceptors (Lipinski definition) is 5. The number of hydrogen-bond donors (Lipinski definition) is 0. The predicted octanol–water partition coefficient (Wildman–Crippen LogP) is 9.70. The molecule has 0 bridgehead atoms. The zero-order chi connectivity index (χ0) is 30.7. The van der Waals surface area contributed by atoms with Crippen molar-refractivity contribution in [2.45, 2.75) is 217 Å². The lowest BCUT2D eigenvalue weighted by Gasteiger charge is -2.43. The summed E-state index contributed by atoms with van der Waals surface area (Å²) in [4.78, 5) is 25.2. The zero-order valence-electron chi connectivity index (χ0n) is 27.8. The lowest BCUT2D eigenvalue weighted by Crippen LogP contribution is -2.53. The first-order valence-corrected chi connectivity index (χ1v) is 18.7. The fourth-order valence-corrected chi connectivity index (χ4v) is 7.73. The minimum atomic E-state index is -1.21. The highest BCUT2D eigenvalue weighted by atomic mass is 32.2. The van der Waals surface area contributed by atoms with Crippen LogP contribution in [0.3, 0.4) is 0 Å². The molecule has 0 amide bonds. The van der Waals surface area contributed by atoms with E-state index in [-0.39, 0.29) is 0 Å². The summed E-state index contributed by atoms with van der Waals surface area (Å²) in [5, 5.41) is 25.2. The van der Waals surface area contributed by atoms with Crippen LogP contribution < -0.4 is 10.2 Å². The first-order valence-electron chi connectivity index (χ1n) is 17.9. The summed E-state index contributed by atoms with van der Waals surface area (Å²) in [6, 6.07) is 0. The fraction of sp³-hybridized carbons (Fsp3) is 0.944. The summed E-state index contributed by atoms with van der Waals surface area (Å²) in [6.45, 7) is 8.38. The van der Waals surface area contributed by atoms with Gasteiger partial charge < -0.3 is 19.8 Å². The molecule has 0 N–H and O–H groups in total. The van der Waals surface area contributed by atoms with Gasteiger partial charge in [-0.15, -0.1) is 11.8 Å². The van der Waals surface area contributed by atoms with E-state index in [1.807, 2.05) is 0 Å². The Morgan fingerprint density at radius 2 is 0.707 bits per heavy atom. The Kier molecular flexibility index (Phi) is 26.4. The lowest BCUT2D eigenvalue weighted by molar-refractivity contribution is -0.309. The molecule has 2 unspecified atom stereocenters. The quantitative estimate of drug-likeness (QED) is 0.0722. The summed E-state index contributed by atoms with van der Waals surface area (Å²) in [6.07, 6.45) is 30.3. The maximum Gasteiger partial charge on any atom is 0.0575 e. The third-order valence-electron chi connectivity index (χ3n) is 8.85. The number of rotatable bonds is 32. The number of unbranched alkanes of at least 4 members (excludes halogenated alkanes) is 22. The molecular formula is C36H68O4S-2. The molecule has 0 aromatic heterocycles. The van der Waals surface area contributed by atoms with Gasteiger partial charge in [0.15, 0.2) is 0 Å². The van der Waals surface area contributed by atoms with E-state index in [0.29, 0.717) is 19.3 Å². The Bertz CT molecular complexity index is 625. The molecule has 0 aliphatic rings. The number of thioether (sulfide) groups is 1. The van der Waals surface area contributed by atoms with Crippen molar-refractivity contribution in [3.8, 4) is 0 Å². The molecule has 0 saturated heterocycles. The van der Waals surface area contributed by atoms with Crippen molar-refractivity contribution >= 4 is 23.7 Å². The Hall–Kier alpha value is -0.710. The van der Waals surface area contributed by atoms with Crippen molar-refractivity contribution in [1.29, 1.82) is 0 Å². The number of carbonyl (C=O) groups excluding carboxylic acids is 2. The molecule has 0 heterocycles. The maximum atomic E-state index is 12.8. The molecule has 2 atom stereocenters. The van der Waals surface area contributed by atoms with Gasteiger partial charge in [-0.3, -0.25) is 0 Å². The molecule has 4 nitrogen and oxygen atoms in total. The summed E-state index contributed by atoms with van der Waals surface area (Å²) in [5.74, 6) is -2.20. The van der Waals surface area contributed by atoms with Crippen LogP contribution in [-0.2, 0) is 9.59 Å². The third kappa shape index (κ3) is 20.8. The van der Waals surface area contributed by atoms with Crippen molar-refractivity contribution in [2.75, 3.05) is 0 Å². The highest BCUT2D eigenvalue weighted by Gasteiger charge is 2.40. The van der Waals surface area contributed by atoms with E-state index in [0.717, 1.165) is 69.5 Å².